The molecule has 0 spiro atoms. The molecule has 0 bridgehead atoms. The number of carbonyl (C=O) groups excluding carboxylic acids is 2. The third kappa shape index (κ3) is 2.93. The van der Waals surface area contributed by atoms with Gasteiger partial charge in [0.05, 0.1) is 5.69 Å². The Hall–Kier alpha value is -2.42. The van der Waals surface area contributed by atoms with Crippen LogP contribution >= 0.6 is 22.6 Å². The summed E-state index contributed by atoms with van der Waals surface area (Å²) in [7, 11) is 0. The van der Waals surface area contributed by atoms with E-state index in [1.54, 1.807) is 24.3 Å². The molecule has 1 aromatic heterocycles. The fraction of sp³-hybridized carbons (Fsp3) is 0. The Kier molecular flexibility index (Phi) is 4.05. The summed E-state index contributed by atoms with van der Waals surface area (Å²) in [5.41, 5.74) is 2.20. The number of carbonyl (C=O) groups is 2. The number of rotatable bonds is 3. The smallest absolute Gasteiger partial charge is 0.332 e. The number of nitrogens with one attached hydrogen (secondary N) is 1. The maximum Gasteiger partial charge on any atom is 0.332 e. The topological polar surface area (TPSA) is 75.4 Å². The Bertz CT molecular complexity index is 847. The van der Waals surface area contributed by atoms with Gasteiger partial charge in [-0.05, 0) is 59.0 Å². The first-order valence-electron chi connectivity index (χ1n) is 6.32. The van der Waals surface area contributed by atoms with Gasteiger partial charge in [0.1, 0.15) is 5.52 Å². The minimum atomic E-state index is -0.542. The second kappa shape index (κ2) is 6.14. The SMILES string of the molecule is O=CN(C(=O)Nc1cccc(I)c1)c1ccc2ocnc2c1. The zero-order valence-electron chi connectivity index (χ0n) is 11.2. The van der Waals surface area contributed by atoms with Gasteiger partial charge in [-0.3, -0.25) is 4.79 Å². The van der Waals surface area contributed by atoms with Crippen molar-refractivity contribution in [3.63, 3.8) is 0 Å². The molecule has 3 aromatic rings. The Morgan fingerprint density at radius 2 is 2.14 bits per heavy atom. The number of anilines is 2. The zero-order chi connectivity index (χ0) is 15.5. The van der Waals surface area contributed by atoms with Gasteiger partial charge in [0.25, 0.3) is 0 Å². The van der Waals surface area contributed by atoms with Gasteiger partial charge in [0.15, 0.2) is 12.0 Å². The van der Waals surface area contributed by atoms with Gasteiger partial charge < -0.3 is 9.73 Å². The lowest BCUT2D eigenvalue weighted by molar-refractivity contribution is -0.106. The molecular formula is C15H10IN3O3. The molecule has 6 nitrogen and oxygen atoms in total. The minimum Gasteiger partial charge on any atom is -0.443 e. The Morgan fingerprint density at radius 3 is 2.91 bits per heavy atom. The van der Waals surface area contributed by atoms with Crippen molar-refractivity contribution in [1.29, 1.82) is 0 Å². The summed E-state index contributed by atoms with van der Waals surface area (Å²) in [6.07, 6.45) is 1.77. The van der Waals surface area contributed by atoms with Crippen LogP contribution in [-0.4, -0.2) is 17.4 Å². The predicted octanol–water partition coefficient (Wildman–Crippen LogP) is 3.63. The molecule has 0 aliphatic carbocycles. The molecule has 0 saturated heterocycles. The molecule has 0 unspecified atom stereocenters. The maximum absolute atomic E-state index is 12.3. The van der Waals surface area contributed by atoms with Crippen molar-refractivity contribution in [3.05, 3.63) is 52.4 Å². The van der Waals surface area contributed by atoms with E-state index in [1.807, 2.05) is 18.2 Å². The number of urea groups is 1. The molecule has 0 aliphatic rings. The number of benzene rings is 2. The first-order chi connectivity index (χ1) is 10.7. The molecule has 1 N–H and O–H groups in total. The number of hydrogen-bond donors (Lipinski definition) is 1. The molecule has 0 aliphatic heterocycles. The number of fused-ring (bicyclic) bond motifs is 1. The Morgan fingerprint density at radius 1 is 1.27 bits per heavy atom. The summed E-state index contributed by atoms with van der Waals surface area (Å²) in [5.74, 6) is 0. The van der Waals surface area contributed by atoms with Crippen LogP contribution < -0.4 is 10.2 Å². The van der Waals surface area contributed by atoms with E-state index in [9.17, 15) is 9.59 Å². The largest absolute Gasteiger partial charge is 0.443 e. The van der Waals surface area contributed by atoms with E-state index in [0.717, 1.165) is 8.47 Å². The van der Waals surface area contributed by atoms with Gasteiger partial charge in [-0.1, -0.05) is 6.07 Å². The first kappa shape index (κ1) is 14.5. The molecule has 0 fully saturated rings. The summed E-state index contributed by atoms with van der Waals surface area (Å²) < 4.78 is 6.12. The van der Waals surface area contributed by atoms with Crippen LogP contribution in [0.5, 0.6) is 0 Å². The zero-order valence-corrected chi connectivity index (χ0v) is 13.4. The highest BCUT2D eigenvalue weighted by molar-refractivity contribution is 14.1. The van der Waals surface area contributed by atoms with Crippen LogP contribution in [0.3, 0.4) is 0 Å². The second-order valence-electron chi connectivity index (χ2n) is 4.42. The first-order valence-corrected chi connectivity index (χ1v) is 7.39. The van der Waals surface area contributed by atoms with Crippen molar-refractivity contribution in [2.45, 2.75) is 0 Å². The number of amides is 3. The molecule has 0 radical (unpaired) electrons. The lowest BCUT2D eigenvalue weighted by Gasteiger charge is -2.16. The molecule has 1 heterocycles. The van der Waals surface area contributed by atoms with E-state index in [2.05, 4.69) is 32.9 Å². The highest BCUT2D eigenvalue weighted by Gasteiger charge is 2.16. The quantitative estimate of drug-likeness (QED) is 0.532. The summed E-state index contributed by atoms with van der Waals surface area (Å²) in [4.78, 5) is 28.6. The molecule has 110 valence electrons. The lowest BCUT2D eigenvalue weighted by Crippen LogP contribution is -2.33. The van der Waals surface area contributed by atoms with Gasteiger partial charge in [-0.25, -0.2) is 14.7 Å². The van der Waals surface area contributed by atoms with Crippen molar-refractivity contribution < 1.29 is 14.0 Å². The highest BCUT2D eigenvalue weighted by atomic mass is 127. The fourth-order valence-electron chi connectivity index (χ4n) is 1.97. The van der Waals surface area contributed by atoms with E-state index < -0.39 is 6.03 Å². The molecule has 22 heavy (non-hydrogen) atoms. The number of nitrogens with zero attached hydrogens (tertiary/aromatic N) is 2. The standard InChI is InChI=1S/C15H10IN3O3/c16-10-2-1-3-11(6-10)18-15(21)19(9-20)12-4-5-14-13(7-12)17-8-22-14/h1-9H,(H,18,21). The number of hydrogen-bond acceptors (Lipinski definition) is 4. The number of halogens is 1. The highest BCUT2D eigenvalue weighted by Crippen LogP contribution is 2.21. The van der Waals surface area contributed by atoms with Gasteiger partial charge >= 0.3 is 6.03 Å². The third-order valence-electron chi connectivity index (χ3n) is 2.99. The summed E-state index contributed by atoms with van der Waals surface area (Å²) >= 11 is 2.15. The average molecular weight is 407 g/mol. The predicted molar refractivity (Wildman–Crippen MR) is 90.7 cm³/mol. The van der Waals surface area contributed by atoms with Crippen molar-refractivity contribution in [2.75, 3.05) is 10.2 Å². The summed E-state index contributed by atoms with van der Waals surface area (Å²) in [5, 5.41) is 2.68. The van der Waals surface area contributed by atoms with Crippen LogP contribution in [0.15, 0.2) is 53.3 Å². The molecule has 7 heteroatoms. The summed E-state index contributed by atoms with van der Waals surface area (Å²) in [6, 6.07) is 11.6. The monoisotopic (exact) mass is 407 g/mol. The van der Waals surface area contributed by atoms with Gasteiger partial charge in [-0.15, -0.1) is 0 Å². The van der Waals surface area contributed by atoms with Crippen LogP contribution in [0, 0.1) is 3.57 Å². The maximum atomic E-state index is 12.3. The molecule has 3 amide bonds. The summed E-state index contributed by atoms with van der Waals surface area (Å²) in [6.45, 7) is 0. The van der Waals surface area contributed by atoms with Gasteiger partial charge in [0.2, 0.25) is 6.41 Å². The molecular weight excluding hydrogens is 397 g/mol. The lowest BCUT2D eigenvalue weighted by atomic mass is 10.2. The van der Waals surface area contributed by atoms with Crippen LogP contribution in [0.25, 0.3) is 11.1 Å². The molecule has 0 saturated carbocycles. The van der Waals surface area contributed by atoms with E-state index in [1.165, 1.54) is 6.39 Å². The molecule has 0 atom stereocenters. The average Bonchev–Trinajstić information content (AvgIpc) is 2.95. The van der Waals surface area contributed by atoms with E-state index in [-0.39, 0.29) is 0 Å². The van der Waals surface area contributed by atoms with Crippen LogP contribution in [0.4, 0.5) is 16.2 Å². The van der Waals surface area contributed by atoms with E-state index in [0.29, 0.717) is 28.9 Å². The number of oxazole rings is 1. The van der Waals surface area contributed by atoms with Crippen molar-refractivity contribution in [2.24, 2.45) is 0 Å². The van der Waals surface area contributed by atoms with Crippen molar-refractivity contribution >= 4 is 57.5 Å². The normalized spacial score (nSPS) is 10.4. The minimum absolute atomic E-state index is 0.416. The number of aromatic nitrogens is 1. The van der Waals surface area contributed by atoms with Crippen LogP contribution in [0.1, 0.15) is 0 Å². The van der Waals surface area contributed by atoms with E-state index in [4.69, 9.17) is 4.42 Å². The van der Waals surface area contributed by atoms with E-state index >= 15 is 0 Å². The van der Waals surface area contributed by atoms with Gasteiger partial charge in [-0.2, -0.15) is 0 Å². The Balaban J connectivity index is 1.86. The molecule has 3 rings (SSSR count). The van der Waals surface area contributed by atoms with Crippen LogP contribution in [0.2, 0.25) is 0 Å². The Labute approximate surface area is 139 Å². The molecule has 2 aromatic carbocycles. The van der Waals surface area contributed by atoms with Crippen molar-refractivity contribution in [1.82, 2.24) is 4.98 Å². The fourth-order valence-corrected chi connectivity index (χ4v) is 2.52. The van der Waals surface area contributed by atoms with Gasteiger partial charge in [0, 0.05) is 9.26 Å². The van der Waals surface area contributed by atoms with Crippen molar-refractivity contribution in [3.8, 4) is 0 Å². The number of imide groups is 1. The van der Waals surface area contributed by atoms with Crippen LogP contribution in [-0.2, 0) is 4.79 Å². The third-order valence-corrected chi connectivity index (χ3v) is 3.66. The second-order valence-corrected chi connectivity index (χ2v) is 5.67.